The van der Waals surface area contributed by atoms with Crippen molar-refractivity contribution in [3.05, 3.63) is 33.5 Å². The van der Waals surface area contributed by atoms with Crippen LogP contribution >= 0.6 is 45.7 Å². The van der Waals surface area contributed by atoms with E-state index in [0.717, 1.165) is 8.73 Å². The van der Waals surface area contributed by atoms with Gasteiger partial charge >= 0.3 is 0 Å². The second-order valence-corrected chi connectivity index (χ2v) is 5.68. The molecule has 0 unspecified atom stereocenters. The smallest absolute Gasteiger partial charge is 0.193 e. The van der Waals surface area contributed by atoms with E-state index in [4.69, 9.17) is 0 Å². The van der Waals surface area contributed by atoms with Crippen LogP contribution in [0.2, 0.25) is 0 Å². The summed E-state index contributed by atoms with van der Waals surface area (Å²) in [5, 5.41) is 2.86. The average molecular weight is 320 g/mol. The molecule has 0 aromatic carbocycles. The lowest BCUT2D eigenvalue weighted by Crippen LogP contribution is -1.84. The standard InChI is InChI=1S/C8H5IN2S2/c9-6-4-10-8(11-5-6)13-7-2-1-3-12-7/h1-5H. The Bertz CT molecular complexity index is 372. The third-order valence-corrected chi connectivity index (χ3v) is 3.77. The molecule has 2 heterocycles. The molecule has 0 saturated carbocycles. The Balaban J connectivity index is 2.15. The third kappa shape index (κ3) is 2.65. The molecule has 66 valence electrons. The van der Waals surface area contributed by atoms with Crippen molar-refractivity contribution in [2.24, 2.45) is 0 Å². The molecular weight excluding hydrogens is 315 g/mol. The number of aromatic nitrogens is 2. The van der Waals surface area contributed by atoms with Gasteiger partial charge in [-0.1, -0.05) is 6.07 Å². The minimum Gasteiger partial charge on any atom is -0.230 e. The maximum atomic E-state index is 4.20. The van der Waals surface area contributed by atoms with Gasteiger partial charge in [-0.3, -0.25) is 0 Å². The number of hydrogen-bond acceptors (Lipinski definition) is 4. The van der Waals surface area contributed by atoms with Crippen LogP contribution in [-0.2, 0) is 0 Å². The second kappa shape index (κ2) is 4.39. The molecule has 0 aliphatic heterocycles. The van der Waals surface area contributed by atoms with Gasteiger partial charge in [0, 0.05) is 16.0 Å². The Morgan fingerprint density at radius 1 is 1.31 bits per heavy atom. The number of rotatable bonds is 2. The van der Waals surface area contributed by atoms with Crippen LogP contribution in [0.25, 0.3) is 0 Å². The van der Waals surface area contributed by atoms with Crippen LogP contribution in [0, 0.1) is 3.57 Å². The molecule has 0 aliphatic carbocycles. The molecule has 0 spiro atoms. The van der Waals surface area contributed by atoms with E-state index in [1.165, 1.54) is 4.21 Å². The first-order valence-corrected chi connectivity index (χ1v) is 6.31. The molecule has 0 atom stereocenters. The maximum absolute atomic E-state index is 4.20. The average Bonchev–Trinajstić information content (AvgIpc) is 2.62. The van der Waals surface area contributed by atoms with Crippen LogP contribution in [0.3, 0.4) is 0 Å². The van der Waals surface area contributed by atoms with Crippen LogP contribution in [0.5, 0.6) is 0 Å². The van der Waals surface area contributed by atoms with Gasteiger partial charge in [-0.25, -0.2) is 9.97 Å². The summed E-state index contributed by atoms with van der Waals surface area (Å²) < 4.78 is 2.29. The molecule has 5 heteroatoms. The highest BCUT2D eigenvalue weighted by Gasteiger charge is 1.99. The topological polar surface area (TPSA) is 25.8 Å². The molecule has 0 amide bonds. The van der Waals surface area contributed by atoms with Crippen molar-refractivity contribution in [3.8, 4) is 0 Å². The predicted octanol–water partition coefficient (Wildman–Crippen LogP) is 3.29. The first-order valence-electron chi connectivity index (χ1n) is 3.53. The maximum Gasteiger partial charge on any atom is 0.193 e. The van der Waals surface area contributed by atoms with E-state index in [9.17, 15) is 0 Å². The largest absolute Gasteiger partial charge is 0.230 e. The minimum atomic E-state index is 0.808. The summed E-state index contributed by atoms with van der Waals surface area (Å²) in [6, 6.07) is 4.09. The van der Waals surface area contributed by atoms with Crippen molar-refractivity contribution in [2.45, 2.75) is 9.37 Å². The normalized spacial score (nSPS) is 10.2. The van der Waals surface area contributed by atoms with Crippen molar-refractivity contribution < 1.29 is 0 Å². The first-order chi connectivity index (χ1) is 6.34. The van der Waals surface area contributed by atoms with E-state index in [0.29, 0.717) is 0 Å². The van der Waals surface area contributed by atoms with Gasteiger partial charge < -0.3 is 0 Å². The highest BCUT2D eigenvalue weighted by Crippen LogP contribution is 2.28. The zero-order chi connectivity index (χ0) is 9.10. The molecule has 2 aromatic rings. The lowest BCUT2D eigenvalue weighted by molar-refractivity contribution is 0.959. The molecule has 0 saturated heterocycles. The summed E-state index contributed by atoms with van der Waals surface area (Å²) in [4.78, 5) is 8.41. The summed E-state index contributed by atoms with van der Waals surface area (Å²) in [5.74, 6) is 0. The Morgan fingerprint density at radius 3 is 2.69 bits per heavy atom. The van der Waals surface area contributed by atoms with Crippen LogP contribution in [-0.4, -0.2) is 9.97 Å². The van der Waals surface area contributed by atoms with Gasteiger partial charge in [0.05, 0.1) is 4.21 Å². The van der Waals surface area contributed by atoms with Crippen molar-refractivity contribution >= 4 is 45.7 Å². The van der Waals surface area contributed by atoms with Crippen molar-refractivity contribution in [3.63, 3.8) is 0 Å². The molecule has 0 fully saturated rings. The fourth-order valence-corrected chi connectivity index (χ4v) is 2.61. The van der Waals surface area contributed by atoms with E-state index in [1.54, 1.807) is 23.1 Å². The summed E-state index contributed by atoms with van der Waals surface area (Å²) in [6.45, 7) is 0. The van der Waals surface area contributed by atoms with Gasteiger partial charge in [0.25, 0.3) is 0 Å². The minimum absolute atomic E-state index is 0.808. The molecule has 2 nitrogen and oxygen atoms in total. The lowest BCUT2D eigenvalue weighted by atomic mass is 10.7. The molecule has 0 N–H and O–H groups in total. The van der Waals surface area contributed by atoms with E-state index in [2.05, 4.69) is 44.0 Å². The van der Waals surface area contributed by atoms with Crippen LogP contribution in [0.1, 0.15) is 0 Å². The summed E-state index contributed by atoms with van der Waals surface area (Å²) in [5.41, 5.74) is 0. The first kappa shape index (κ1) is 9.42. The van der Waals surface area contributed by atoms with Gasteiger partial charge in [-0.2, -0.15) is 0 Å². The number of nitrogens with zero attached hydrogens (tertiary/aromatic N) is 2. The monoisotopic (exact) mass is 320 g/mol. The van der Waals surface area contributed by atoms with E-state index >= 15 is 0 Å². The van der Waals surface area contributed by atoms with Gasteiger partial charge in [-0.05, 0) is 45.8 Å². The van der Waals surface area contributed by atoms with E-state index < -0.39 is 0 Å². The zero-order valence-electron chi connectivity index (χ0n) is 6.48. The molecule has 2 rings (SSSR count). The van der Waals surface area contributed by atoms with Crippen molar-refractivity contribution in [2.75, 3.05) is 0 Å². The number of thiophene rings is 1. The molecule has 2 aromatic heterocycles. The fourth-order valence-electron chi connectivity index (χ4n) is 0.765. The summed E-state index contributed by atoms with van der Waals surface area (Å²) in [6.07, 6.45) is 3.65. The Morgan fingerprint density at radius 2 is 2.08 bits per heavy atom. The third-order valence-electron chi connectivity index (χ3n) is 1.28. The van der Waals surface area contributed by atoms with Crippen molar-refractivity contribution in [1.29, 1.82) is 0 Å². The van der Waals surface area contributed by atoms with Gasteiger partial charge in [-0.15, -0.1) is 11.3 Å². The Labute approximate surface area is 98.0 Å². The fraction of sp³-hybridized carbons (Fsp3) is 0. The van der Waals surface area contributed by atoms with Crippen molar-refractivity contribution in [1.82, 2.24) is 9.97 Å². The molecule has 0 bridgehead atoms. The highest BCUT2D eigenvalue weighted by molar-refractivity contribution is 14.1. The molecule has 0 radical (unpaired) electrons. The summed E-state index contributed by atoms with van der Waals surface area (Å²) >= 11 is 5.49. The number of halogens is 1. The van der Waals surface area contributed by atoms with Crippen LogP contribution in [0.4, 0.5) is 0 Å². The molecule has 13 heavy (non-hydrogen) atoms. The quantitative estimate of drug-likeness (QED) is 0.627. The lowest BCUT2D eigenvalue weighted by Gasteiger charge is -1.95. The molecule has 0 aliphatic rings. The van der Waals surface area contributed by atoms with Gasteiger partial charge in [0.2, 0.25) is 0 Å². The van der Waals surface area contributed by atoms with Crippen LogP contribution in [0.15, 0.2) is 39.3 Å². The number of hydrogen-bond donors (Lipinski definition) is 0. The predicted molar refractivity (Wildman–Crippen MR) is 63.2 cm³/mol. The SMILES string of the molecule is Ic1cnc(Sc2cccs2)nc1. The van der Waals surface area contributed by atoms with E-state index in [1.807, 2.05) is 18.5 Å². The summed E-state index contributed by atoms with van der Waals surface area (Å²) in [7, 11) is 0. The van der Waals surface area contributed by atoms with Crippen LogP contribution < -0.4 is 0 Å². The Hall–Kier alpha value is -0.140. The van der Waals surface area contributed by atoms with Gasteiger partial charge in [0.1, 0.15) is 0 Å². The Kier molecular flexibility index (Phi) is 3.18. The zero-order valence-corrected chi connectivity index (χ0v) is 10.3. The molecular formula is C8H5IN2S2. The highest BCUT2D eigenvalue weighted by atomic mass is 127. The van der Waals surface area contributed by atoms with Gasteiger partial charge in [0.15, 0.2) is 5.16 Å². The second-order valence-electron chi connectivity index (χ2n) is 2.22. The van der Waals surface area contributed by atoms with E-state index in [-0.39, 0.29) is 0 Å².